The van der Waals surface area contributed by atoms with Gasteiger partial charge < -0.3 is 10.3 Å². The summed E-state index contributed by atoms with van der Waals surface area (Å²) >= 11 is 12.0. The van der Waals surface area contributed by atoms with Gasteiger partial charge in [0.05, 0.1) is 11.0 Å². The van der Waals surface area contributed by atoms with Gasteiger partial charge in [0.1, 0.15) is 5.82 Å². The lowest BCUT2D eigenvalue weighted by Crippen LogP contribution is -2.12. The van der Waals surface area contributed by atoms with E-state index in [1.54, 1.807) is 30.3 Å². The maximum absolute atomic E-state index is 12.5. The zero-order valence-corrected chi connectivity index (χ0v) is 15.9. The maximum atomic E-state index is 12.5. The SMILES string of the molecule is Cc1cc(Cl)ccc1NC(=O)c1ccc(-c2nc3ccc(Cl)cc3[nH]2)cc1. The fourth-order valence-electron chi connectivity index (χ4n) is 2.86. The molecule has 0 aliphatic carbocycles. The van der Waals surface area contributed by atoms with Crippen molar-refractivity contribution in [1.29, 1.82) is 0 Å². The van der Waals surface area contributed by atoms with Gasteiger partial charge in [-0.2, -0.15) is 0 Å². The highest BCUT2D eigenvalue weighted by atomic mass is 35.5. The Kier molecular flexibility index (Phi) is 4.60. The number of fused-ring (bicyclic) bond motifs is 1. The highest BCUT2D eigenvalue weighted by Gasteiger charge is 2.10. The van der Waals surface area contributed by atoms with Gasteiger partial charge in [0.15, 0.2) is 0 Å². The fourth-order valence-corrected chi connectivity index (χ4v) is 3.26. The van der Waals surface area contributed by atoms with Crippen LogP contribution in [0.25, 0.3) is 22.4 Å². The second-order valence-electron chi connectivity index (χ2n) is 6.24. The van der Waals surface area contributed by atoms with Crippen LogP contribution in [-0.2, 0) is 0 Å². The number of imidazole rings is 1. The van der Waals surface area contributed by atoms with Crippen molar-refractivity contribution in [2.45, 2.75) is 6.92 Å². The van der Waals surface area contributed by atoms with Crippen molar-refractivity contribution in [3.8, 4) is 11.4 Å². The minimum atomic E-state index is -0.177. The van der Waals surface area contributed by atoms with Gasteiger partial charge in [0.25, 0.3) is 5.91 Å². The second kappa shape index (κ2) is 7.06. The molecule has 0 atom stereocenters. The number of aryl methyl sites for hydroxylation is 1. The zero-order chi connectivity index (χ0) is 19.0. The van der Waals surface area contributed by atoms with E-state index in [2.05, 4.69) is 15.3 Å². The number of amides is 1. The summed E-state index contributed by atoms with van der Waals surface area (Å²) in [6.07, 6.45) is 0. The van der Waals surface area contributed by atoms with Crippen molar-refractivity contribution in [3.05, 3.63) is 81.8 Å². The van der Waals surface area contributed by atoms with E-state index in [9.17, 15) is 4.79 Å². The number of anilines is 1. The molecule has 4 nitrogen and oxygen atoms in total. The molecule has 3 aromatic carbocycles. The van der Waals surface area contributed by atoms with Crippen molar-refractivity contribution in [3.63, 3.8) is 0 Å². The van der Waals surface area contributed by atoms with E-state index in [-0.39, 0.29) is 5.91 Å². The molecule has 6 heteroatoms. The molecule has 0 aliphatic rings. The van der Waals surface area contributed by atoms with Crippen LogP contribution in [0.4, 0.5) is 5.69 Å². The summed E-state index contributed by atoms with van der Waals surface area (Å²) in [5, 5.41) is 4.20. The molecule has 4 aromatic rings. The summed E-state index contributed by atoms with van der Waals surface area (Å²) in [7, 11) is 0. The van der Waals surface area contributed by atoms with Gasteiger partial charge in [-0.15, -0.1) is 0 Å². The van der Waals surface area contributed by atoms with E-state index in [0.717, 1.165) is 33.7 Å². The van der Waals surface area contributed by atoms with Crippen LogP contribution in [-0.4, -0.2) is 15.9 Å². The zero-order valence-electron chi connectivity index (χ0n) is 14.4. The number of H-pyrrole nitrogens is 1. The Bertz CT molecular complexity index is 1150. The number of rotatable bonds is 3. The lowest BCUT2D eigenvalue weighted by molar-refractivity contribution is 0.102. The lowest BCUT2D eigenvalue weighted by Gasteiger charge is -2.09. The van der Waals surface area contributed by atoms with E-state index in [0.29, 0.717) is 15.6 Å². The third-order valence-electron chi connectivity index (χ3n) is 4.30. The van der Waals surface area contributed by atoms with Gasteiger partial charge in [-0.05, 0) is 61.0 Å². The topological polar surface area (TPSA) is 57.8 Å². The fraction of sp³-hybridized carbons (Fsp3) is 0.0476. The second-order valence-corrected chi connectivity index (χ2v) is 7.11. The highest BCUT2D eigenvalue weighted by molar-refractivity contribution is 6.31. The molecule has 0 saturated carbocycles. The number of carbonyl (C=O) groups excluding carboxylic acids is 1. The largest absolute Gasteiger partial charge is 0.338 e. The molecule has 4 rings (SSSR count). The molecule has 1 heterocycles. The first-order valence-corrected chi connectivity index (χ1v) is 9.08. The number of nitrogens with one attached hydrogen (secondary N) is 2. The Morgan fingerprint density at radius 2 is 1.67 bits per heavy atom. The number of hydrogen-bond acceptors (Lipinski definition) is 2. The van der Waals surface area contributed by atoms with E-state index in [4.69, 9.17) is 23.2 Å². The Hall–Kier alpha value is -2.82. The molecule has 0 radical (unpaired) electrons. The Morgan fingerprint density at radius 1 is 0.963 bits per heavy atom. The molecule has 134 valence electrons. The van der Waals surface area contributed by atoms with Crippen LogP contribution in [0.1, 0.15) is 15.9 Å². The number of halogens is 2. The smallest absolute Gasteiger partial charge is 0.255 e. The maximum Gasteiger partial charge on any atom is 0.255 e. The van der Waals surface area contributed by atoms with E-state index in [1.807, 2.05) is 37.3 Å². The minimum Gasteiger partial charge on any atom is -0.338 e. The number of nitrogens with zero attached hydrogens (tertiary/aromatic N) is 1. The van der Waals surface area contributed by atoms with Crippen LogP contribution in [0, 0.1) is 6.92 Å². The average molecular weight is 396 g/mol. The first-order valence-electron chi connectivity index (χ1n) is 8.33. The molecule has 2 N–H and O–H groups in total. The summed E-state index contributed by atoms with van der Waals surface area (Å²) in [4.78, 5) is 20.3. The van der Waals surface area contributed by atoms with Crippen LogP contribution in [0.5, 0.6) is 0 Å². The predicted octanol–water partition coefficient (Wildman–Crippen LogP) is 6.10. The van der Waals surface area contributed by atoms with Gasteiger partial charge in [0, 0.05) is 26.9 Å². The third kappa shape index (κ3) is 3.68. The normalized spacial score (nSPS) is 10.9. The Labute approximate surface area is 166 Å². The molecule has 0 spiro atoms. The quantitative estimate of drug-likeness (QED) is 0.440. The van der Waals surface area contributed by atoms with Crippen molar-refractivity contribution >= 4 is 45.8 Å². The van der Waals surface area contributed by atoms with Crippen molar-refractivity contribution in [1.82, 2.24) is 9.97 Å². The van der Waals surface area contributed by atoms with E-state index in [1.165, 1.54) is 0 Å². The highest BCUT2D eigenvalue weighted by Crippen LogP contribution is 2.24. The third-order valence-corrected chi connectivity index (χ3v) is 4.77. The Morgan fingerprint density at radius 3 is 2.41 bits per heavy atom. The average Bonchev–Trinajstić information content (AvgIpc) is 3.07. The van der Waals surface area contributed by atoms with Crippen LogP contribution in [0.15, 0.2) is 60.7 Å². The number of aromatic nitrogens is 2. The lowest BCUT2D eigenvalue weighted by atomic mass is 10.1. The molecule has 1 aromatic heterocycles. The molecule has 0 unspecified atom stereocenters. The molecular weight excluding hydrogens is 381 g/mol. The number of aromatic amines is 1. The van der Waals surface area contributed by atoms with Gasteiger partial charge in [0.2, 0.25) is 0 Å². The summed E-state index contributed by atoms with van der Waals surface area (Å²) in [5.74, 6) is 0.552. The van der Waals surface area contributed by atoms with E-state index < -0.39 is 0 Å². The van der Waals surface area contributed by atoms with Crippen molar-refractivity contribution < 1.29 is 4.79 Å². The standard InChI is InChI=1S/C21H15Cl2N3O/c1-12-10-15(22)6-8-17(12)26-21(27)14-4-2-13(3-5-14)20-24-18-9-7-16(23)11-19(18)25-20/h2-11H,1H3,(H,24,25)(H,26,27). The molecule has 0 aliphatic heterocycles. The molecule has 0 fully saturated rings. The van der Waals surface area contributed by atoms with Crippen LogP contribution in [0.3, 0.4) is 0 Å². The van der Waals surface area contributed by atoms with Crippen molar-refractivity contribution in [2.75, 3.05) is 5.32 Å². The first-order chi connectivity index (χ1) is 13.0. The van der Waals surface area contributed by atoms with Gasteiger partial charge in [-0.3, -0.25) is 4.79 Å². The van der Waals surface area contributed by atoms with Gasteiger partial charge in [-0.1, -0.05) is 35.3 Å². The monoisotopic (exact) mass is 395 g/mol. The molecule has 1 amide bonds. The van der Waals surface area contributed by atoms with Crippen molar-refractivity contribution in [2.24, 2.45) is 0 Å². The van der Waals surface area contributed by atoms with Gasteiger partial charge in [-0.25, -0.2) is 4.98 Å². The summed E-state index contributed by atoms with van der Waals surface area (Å²) in [6.45, 7) is 1.90. The molecular formula is C21H15Cl2N3O. The van der Waals surface area contributed by atoms with Crippen LogP contribution < -0.4 is 5.32 Å². The summed E-state index contributed by atoms with van der Waals surface area (Å²) in [5.41, 5.74) is 4.82. The molecule has 27 heavy (non-hydrogen) atoms. The number of benzene rings is 3. The van der Waals surface area contributed by atoms with Crippen LogP contribution in [0.2, 0.25) is 10.0 Å². The number of carbonyl (C=O) groups is 1. The Balaban J connectivity index is 1.56. The first kappa shape index (κ1) is 17.6. The molecule has 0 bridgehead atoms. The van der Waals surface area contributed by atoms with Crippen LogP contribution >= 0.6 is 23.2 Å². The predicted molar refractivity (Wildman–Crippen MR) is 111 cm³/mol. The van der Waals surface area contributed by atoms with E-state index >= 15 is 0 Å². The number of hydrogen-bond donors (Lipinski definition) is 2. The molecule has 0 saturated heterocycles. The van der Waals surface area contributed by atoms with Gasteiger partial charge >= 0.3 is 0 Å². The summed E-state index contributed by atoms with van der Waals surface area (Å²) < 4.78 is 0. The summed E-state index contributed by atoms with van der Waals surface area (Å²) in [6, 6.07) is 18.1. The minimum absolute atomic E-state index is 0.177.